The van der Waals surface area contributed by atoms with E-state index in [1.807, 2.05) is 13.0 Å². The van der Waals surface area contributed by atoms with Gasteiger partial charge in [0.15, 0.2) is 0 Å². The molecule has 3 N–H and O–H groups in total. The van der Waals surface area contributed by atoms with Crippen molar-refractivity contribution in [2.75, 3.05) is 0 Å². The second-order valence-electron chi connectivity index (χ2n) is 10.9. The Morgan fingerprint density at radius 3 is 2.60 bits per heavy atom. The maximum atomic E-state index is 11.6. The average molecular weight is 411 g/mol. The molecule has 3 saturated carbocycles. The Morgan fingerprint density at radius 2 is 1.93 bits per heavy atom. The summed E-state index contributed by atoms with van der Waals surface area (Å²) in [6, 6.07) is 4.05. The summed E-state index contributed by atoms with van der Waals surface area (Å²) >= 11 is 0. The molecule has 4 heteroatoms. The van der Waals surface area contributed by atoms with Crippen LogP contribution in [0.15, 0.2) is 28.2 Å². The molecule has 3 fully saturated rings. The van der Waals surface area contributed by atoms with Gasteiger partial charge < -0.3 is 19.7 Å². The van der Waals surface area contributed by atoms with Gasteiger partial charge in [0.2, 0.25) is 0 Å². The van der Waals surface area contributed by atoms with Crippen LogP contribution in [-0.4, -0.2) is 33.1 Å². The maximum absolute atomic E-state index is 11.6. The molecule has 4 aliphatic carbocycles. The number of fused-ring (bicyclic) bond motifs is 5. The Hall–Kier alpha value is -1.54. The predicted octanol–water partition coefficient (Wildman–Crippen LogP) is 3.94. The predicted molar refractivity (Wildman–Crippen MR) is 114 cm³/mol. The van der Waals surface area contributed by atoms with Crippen molar-refractivity contribution in [2.45, 2.75) is 83.0 Å². The van der Waals surface area contributed by atoms with E-state index in [9.17, 15) is 15.3 Å². The second kappa shape index (κ2) is 6.48. The van der Waals surface area contributed by atoms with Crippen LogP contribution in [0.4, 0.5) is 0 Å². The van der Waals surface area contributed by atoms with E-state index >= 15 is 0 Å². The van der Waals surface area contributed by atoms with Gasteiger partial charge in [0, 0.05) is 11.3 Å². The summed E-state index contributed by atoms with van der Waals surface area (Å²) in [7, 11) is 0. The quantitative estimate of drug-likeness (QED) is 0.484. The summed E-state index contributed by atoms with van der Waals surface area (Å²) in [4.78, 5) is 0. The van der Waals surface area contributed by atoms with E-state index in [-0.39, 0.29) is 35.2 Å². The van der Waals surface area contributed by atoms with Gasteiger partial charge in [-0.3, -0.25) is 0 Å². The Morgan fingerprint density at radius 1 is 1.17 bits per heavy atom. The molecule has 30 heavy (non-hydrogen) atoms. The molecule has 3 unspecified atom stereocenters. The van der Waals surface area contributed by atoms with Crippen LogP contribution in [0.2, 0.25) is 0 Å². The Kier molecular flexibility index (Phi) is 4.40. The van der Waals surface area contributed by atoms with E-state index in [0.29, 0.717) is 19.3 Å². The van der Waals surface area contributed by atoms with Crippen LogP contribution < -0.4 is 0 Å². The van der Waals surface area contributed by atoms with Crippen molar-refractivity contribution < 1.29 is 19.7 Å². The number of aryl methyl sites for hydroxylation is 1. The molecule has 1 aromatic heterocycles. The lowest BCUT2D eigenvalue weighted by atomic mass is 9.44. The highest BCUT2D eigenvalue weighted by molar-refractivity contribution is 5.35. The van der Waals surface area contributed by atoms with Gasteiger partial charge in [-0.05, 0) is 80.8 Å². The number of hydrogen-bond acceptors (Lipinski definition) is 4. The summed E-state index contributed by atoms with van der Waals surface area (Å²) in [6.45, 7) is 6.32. The second-order valence-corrected chi connectivity index (χ2v) is 10.9. The third-order valence-electron chi connectivity index (χ3n) is 9.55. The number of rotatable bonds is 1. The van der Waals surface area contributed by atoms with Gasteiger partial charge in [-0.2, -0.15) is 0 Å². The summed E-state index contributed by atoms with van der Waals surface area (Å²) < 4.78 is 6.11. The molecule has 0 aromatic carbocycles. The van der Waals surface area contributed by atoms with E-state index in [1.54, 1.807) is 0 Å². The van der Waals surface area contributed by atoms with Gasteiger partial charge in [-0.25, -0.2) is 0 Å². The molecule has 1 heterocycles. The highest BCUT2D eigenvalue weighted by Crippen LogP contribution is 2.69. The van der Waals surface area contributed by atoms with Crippen LogP contribution in [0, 0.1) is 47.9 Å². The molecule has 162 valence electrons. The lowest BCUT2D eigenvalue weighted by Gasteiger charge is -2.61. The molecule has 0 spiro atoms. The standard InChI is InChI=1S/C26H34O4/c1-5-26(29)11-9-19-22-18(21-7-6-15(2)30-21)13-16-12-17(27)8-10-24(16,3)23(22)20(28)14-25(19,26)4/h1,6-7,13,17-20,22-23,27-29H,8-12,14H2,2-4H3/t17?,18-,19?,20+,22-,23-,24-,25-,26?/m0/s1. The number of aliphatic hydroxyl groups excluding tert-OH is 2. The third-order valence-corrected chi connectivity index (χ3v) is 9.55. The molecule has 0 aliphatic heterocycles. The fraction of sp³-hybridized carbons (Fsp3) is 0.692. The SMILES string of the molecule is C#CC1(O)CCC2[C@H]3[C@H]([C@H](O)C[C@@]21C)[C@@]1(C)CCC(O)CC1=C[C@H]3c1ccc(C)o1. The molecule has 5 rings (SSSR count). The Balaban J connectivity index is 1.69. The normalized spacial score (nSPS) is 50.1. The summed E-state index contributed by atoms with van der Waals surface area (Å²) in [5.74, 6) is 4.95. The van der Waals surface area contributed by atoms with Crippen LogP contribution in [0.1, 0.15) is 69.8 Å². The molecule has 4 nitrogen and oxygen atoms in total. The van der Waals surface area contributed by atoms with Crippen molar-refractivity contribution in [1.82, 2.24) is 0 Å². The van der Waals surface area contributed by atoms with Gasteiger partial charge in [0.1, 0.15) is 17.1 Å². The van der Waals surface area contributed by atoms with Crippen LogP contribution in [0.25, 0.3) is 0 Å². The minimum absolute atomic E-state index is 0.0245. The fourth-order valence-corrected chi connectivity index (χ4v) is 7.93. The number of furan rings is 1. The van der Waals surface area contributed by atoms with Crippen LogP contribution in [-0.2, 0) is 0 Å². The van der Waals surface area contributed by atoms with Crippen LogP contribution in [0.3, 0.4) is 0 Å². The van der Waals surface area contributed by atoms with E-state index in [0.717, 1.165) is 30.8 Å². The summed E-state index contributed by atoms with van der Waals surface area (Å²) in [6.07, 6.45) is 11.6. The maximum Gasteiger partial charge on any atom is 0.130 e. The summed E-state index contributed by atoms with van der Waals surface area (Å²) in [5, 5.41) is 33.3. The first-order valence-corrected chi connectivity index (χ1v) is 11.5. The Bertz CT molecular complexity index is 924. The lowest BCUT2D eigenvalue weighted by Crippen LogP contribution is -2.60. The van der Waals surface area contributed by atoms with Crippen molar-refractivity contribution in [2.24, 2.45) is 28.6 Å². The monoisotopic (exact) mass is 410 g/mol. The first-order chi connectivity index (χ1) is 14.1. The largest absolute Gasteiger partial charge is 0.466 e. The van der Waals surface area contributed by atoms with Crippen molar-refractivity contribution in [1.29, 1.82) is 0 Å². The first kappa shape index (κ1) is 20.4. The van der Waals surface area contributed by atoms with E-state index in [2.05, 4.69) is 31.9 Å². The summed E-state index contributed by atoms with van der Waals surface area (Å²) in [5.41, 5.74) is -0.576. The average Bonchev–Trinajstić information content (AvgIpc) is 3.23. The molecule has 1 aromatic rings. The van der Waals surface area contributed by atoms with E-state index in [4.69, 9.17) is 10.8 Å². The number of terminal acetylenes is 1. The van der Waals surface area contributed by atoms with Crippen molar-refractivity contribution in [3.63, 3.8) is 0 Å². The molecule has 0 radical (unpaired) electrons. The molecule has 0 bridgehead atoms. The number of aliphatic hydroxyl groups is 3. The molecule has 0 amide bonds. The molecular formula is C26H34O4. The smallest absolute Gasteiger partial charge is 0.130 e. The molecule has 9 atom stereocenters. The zero-order chi connectivity index (χ0) is 21.5. The van der Waals surface area contributed by atoms with Crippen molar-refractivity contribution in [3.8, 4) is 12.3 Å². The van der Waals surface area contributed by atoms with Crippen molar-refractivity contribution in [3.05, 3.63) is 35.3 Å². The first-order valence-electron chi connectivity index (χ1n) is 11.5. The zero-order valence-corrected chi connectivity index (χ0v) is 18.3. The molecule has 4 aliphatic rings. The molecular weight excluding hydrogens is 376 g/mol. The van der Waals surface area contributed by atoms with Crippen LogP contribution in [0.5, 0.6) is 0 Å². The third kappa shape index (κ3) is 2.52. The van der Waals surface area contributed by atoms with E-state index < -0.39 is 17.1 Å². The highest BCUT2D eigenvalue weighted by atomic mass is 16.3. The zero-order valence-electron chi connectivity index (χ0n) is 18.3. The fourth-order valence-electron chi connectivity index (χ4n) is 7.93. The molecule has 0 saturated heterocycles. The topological polar surface area (TPSA) is 73.8 Å². The van der Waals surface area contributed by atoms with Gasteiger partial charge in [-0.1, -0.05) is 31.4 Å². The lowest BCUT2D eigenvalue weighted by molar-refractivity contribution is -0.157. The van der Waals surface area contributed by atoms with E-state index in [1.165, 1.54) is 5.57 Å². The van der Waals surface area contributed by atoms with Crippen molar-refractivity contribution >= 4 is 0 Å². The van der Waals surface area contributed by atoms with Gasteiger partial charge in [-0.15, -0.1) is 6.42 Å². The minimum atomic E-state index is -1.18. The highest BCUT2D eigenvalue weighted by Gasteiger charge is 2.67. The minimum Gasteiger partial charge on any atom is -0.466 e. The number of hydrogen-bond donors (Lipinski definition) is 3. The number of allylic oxidation sites excluding steroid dienone is 1. The van der Waals surface area contributed by atoms with Crippen LogP contribution >= 0.6 is 0 Å². The van der Waals surface area contributed by atoms with Gasteiger partial charge >= 0.3 is 0 Å². The Labute approximate surface area is 179 Å². The van der Waals surface area contributed by atoms with Gasteiger partial charge in [0.25, 0.3) is 0 Å². The van der Waals surface area contributed by atoms with Gasteiger partial charge in [0.05, 0.1) is 12.2 Å².